The molecule has 1 aliphatic carbocycles. The summed E-state index contributed by atoms with van der Waals surface area (Å²) < 4.78 is 11.7. The van der Waals surface area contributed by atoms with Crippen molar-refractivity contribution in [3.8, 4) is 11.5 Å². The normalized spacial score (nSPS) is 26.7. The van der Waals surface area contributed by atoms with E-state index >= 15 is 0 Å². The molecule has 4 heteroatoms. The Labute approximate surface area is 147 Å². The topological polar surface area (TPSA) is 38.8 Å². The summed E-state index contributed by atoms with van der Waals surface area (Å²) in [4.78, 5) is 15.1. The van der Waals surface area contributed by atoms with Crippen LogP contribution < -0.4 is 9.47 Å². The number of fused-ring (bicyclic) bond motifs is 5. The maximum Gasteiger partial charge on any atom is 0.267 e. The maximum absolute atomic E-state index is 13.1. The second kappa shape index (κ2) is 5.80. The third kappa shape index (κ3) is 2.48. The third-order valence-corrected chi connectivity index (χ3v) is 5.73. The number of benzene rings is 2. The van der Waals surface area contributed by atoms with Crippen molar-refractivity contribution in [2.75, 3.05) is 13.2 Å². The predicted molar refractivity (Wildman–Crippen MR) is 94.0 cm³/mol. The van der Waals surface area contributed by atoms with Gasteiger partial charge in [0.1, 0.15) is 6.61 Å². The van der Waals surface area contributed by atoms with Crippen LogP contribution in [0.25, 0.3) is 0 Å². The molecule has 2 aromatic carbocycles. The SMILES string of the molecule is O=C([C@@H]1COc2ccccc2O1)N1CC[C@@H]2C[C@H]1Cc1ccccc12. The van der Waals surface area contributed by atoms with Gasteiger partial charge in [0, 0.05) is 12.6 Å². The van der Waals surface area contributed by atoms with Crippen molar-refractivity contribution in [1.29, 1.82) is 0 Å². The van der Waals surface area contributed by atoms with Crippen molar-refractivity contribution < 1.29 is 14.3 Å². The largest absolute Gasteiger partial charge is 0.485 e. The van der Waals surface area contributed by atoms with Crippen molar-refractivity contribution in [2.45, 2.75) is 37.3 Å². The first-order valence-electron chi connectivity index (χ1n) is 9.06. The van der Waals surface area contributed by atoms with Crippen LogP contribution in [0.4, 0.5) is 0 Å². The van der Waals surface area contributed by atoms with Crippen LogP contribution in [0.15, 0.2) is 48.5 Å². The lowest BCUT2D eigenvalue weighted by Crippen LogP contribution is -2.54. The standard InChI is InChI=1S/C21H21NO3/c23-21(20-13-24-18-7-3-4-8-19(18)25-20)22-10-9-15-12-16(22)11-14-5-1-2-6-17(14)15/h1-8,15-16,20H,9-13H2/t15-,16-,20+/m1/s1. The molecule has 1 saturated heterocycles. The van der Waals surface area contributed by atoms with E-state index in [1.54, 1.807) is 0 Å². The molecule has 0 aromatic heterocycles. The van der Waals surface area contributed by atoms with Crippen molar-refractivity contribution in [1.82, 2.24) is 4.90 Å². The van der Waals surface area contributed by atoms with Gasteiger partial charge < -0.3 is 14.4 Å². The summed E-state index contributed by atoms with van der Waals surface area (Å²) in [6.45, 7) is 1.10. The third-order valence-electron chi connectivity index (χ3n) is 5.73. The summed E-state index contributed by atoms with van der Waals surface area (Å²) in [5.41, 5.74) is 2.88. The van der Waals surface area contributed by atoms with Gasteiger partial charge in [-0.05, 0) is 48.4 Å². The van der Waals surface area contributed by atoms with Gasteiger partial charge in [0.05, 0.1) is 0 Å². The molecule has 128 valence electrons. The molecule has 2 heterocycles. The Hall–Kier alpha value is -2.49. The summed E-state index contributed by atoms with van der Waals surface area (Å²) in [6, 6.07) is 16.5. The highest BCUT2D eigenvalue weighted by molar-refractivity contribution is 5.82. The smallest absolute Gasteiger partial charge is 0.267 e. The lowest BCUT2D eigenvalue weighted by Gasteiger charge is -2.45. The fraction of sp³-hybridized carbons (Fsp3) is 0.381. The molecule has 2 aliphatic heterocycles. The van der Waals surface area contributed by atoms with E-state index in [-0.39, 0.29) is 11.9 Å². The lowest BCUT2D eigenvalue weighted by molar-refractivity contribution is -0.145. The van der Waals surface area contributed by atoms with Crippen LogP contribution in [0.5, 0.6) is 11.5 Å². The maximum atomic E-state index is 13.1. The van der Waals surface area contributed by atoms with Crippen molar-refractivity contribution in [2.24, 2.45) is 0 Å². The zero-order valence-electron chi connectivity index (χ0n) is 14.1. The molecule has 1 amide bonds. The monoisotopic (exact) mass is 335 g/mol. The molecule has 2 bridgehead atoms. The van der Waals surface area contributed by atoms with Crippen molar-refractivity contribution >= 4 is 5.91 Å². The molecule has 25 heavy (non-hydrogen) atoms. The number of piperidine rings is 1. The average Bonchev–Trinajstić information content (AvgIpc) is 2.67. The van der Waals surface area contributed by atoms with Crippen LogP contribution in [0, 0.1) is 0 Å². The van der Waals surface area contributed by atoms with Gasteiger partial charge in [0.25, 0.3) is 5.91 Å². The Kier molecular flexibility index (Phi) is 3.44. The van der Waals surface area contributed by atoms with E-state index in [0.717, 1.165) is 31.6 Å². The number of likely N-dealkylation sites (tertiary alicyclic amines) is 1. The summed E-state index contributed by atoms with van der Waals surface area (Å²) in [5.74, 6) is 2.04. The quantitative estimate of drug-likeness (QED) is 0.803. The van der Waals surface area contributed by atoms with E-state index in [0.29, 0.717) is 18.3 Å². The first-order chi connectivity index (χ1) is 12.3. The van der Waals surface area contributed by atoms with Gasteiger partial charge in [0.2, 0.25) is 6.10 Å². The molecule has 0 unspecified atom stereocenters. The van der Waals surface area contributed by atoms with Crippen molar-refractivity contribution in [3.05, 3.63) is 59.7 Å². The van der Waals surface area contributed by atoms with Crippen molar-refractivity contribution in [3.63, 3.8) is 0 Å². The van der Waals surface area contributed by atoms with Gasteiger partial charge in [-0.1, -0.05) is 36.4 Å². The number of amides is 1. The lowest BCUT2D eigenvalue weighted by atomic mass is 9.75. The number of carbonyl (C=O) groups excluding carboxylic acids is 1. The number of ether oxygens (including phenoxy) is 2. The van der Waals surface area contributed by atoms with E-state index < -0.39 is 6.10 Å². The minimum absolute atomic E-state index is 0.0670. The summed E-state index contributed by atoms with van der Waals surface area (Å²) in [6.07, 6.45) is 2.50. The first kappa shape index (κ1) is 14.8. The zero-order valence-corrected chi connectivity index (χ0v) is 14.1. The Morgan fingerprint density at radius 1 is 1.04 bits per heavy atom. The van der Waals surface area contributed by atoms with Gasteiger partial charge >= 0.3 is 0 Å². The molecule has 1 fully saturated rings. The number of nitrogens with zero attached hydrogens (tertiary/aromatic N) is 1. The van der Waals surface area contributed by atoms with Gasteiger partial charge in [-0.15, -0.1) is 0 Å². The number of rotatable bonds is 1. The molecule has 0 spiro atoms. The molecule has 0 N–H and O–H groups in total. The molecule has 4 nitrogen and oxygen atoms in total. The zero-order chi connectivity index (χ0) is 16.8. The molecule has 0 radical (unpaired) electrons. The van der Waals surface area contributed by atoms with E-state index in [2.05, 4.69) is 24.3 Å². The minimum Gasteiger partial charge on any atom is -0.485 e. The molecule has 5 rings (SSSR count). The molecular weight excluding hydrogens is 314 g/mol. The Bertz CT molecular complexity index is 818. The van der Waals surface area contributed by atoms with E-state index in [1.165, 1.54) is 11.1 Å². The van der Waals surface area contributed by atoms with Crippen LogP contribution in [0.2, 0.25) is 0 Å². The van der Waals surface area contributed by atoms with Crippen LogP contribution in [-0.4, -0.2) is 36.1 Å². The van der Waals surface area contributed by atoms with Gasteiger partial charge in [-0.3, -0.25) is 4.79 Å². The van der Waals surface area contributed by atoms with E-state index in [9.17, 15) is 4.79 Å². The molecular formula is C21H21NO3. The van der Waals surface area contributed by atoms with Crippen LogP contribution in [-0.2, 0) is 11.2 Å². The predicted octanol–water partition coefficient (Wildman–Crippen LogP) is 3.16. The number of para-hydroxylation sites is 2. The fourth-order valence-corrected chi connectivity index (χ4v) is 4.52. The molecule has 0 saturated carbocycles. The molecule has 2 aromatic rings. The van der Waals surface area contributed by atoms with Gasteiger partial charge in [-0.2, -0.15) is 0 Å². The van der Waals surface area contributed by atoms with E-state index in [4.69, 9.17) is 9.47 Å². The Morgan fingerprint density at radius 3 is 2.76 bits per heavy atom. The summed E-state index contributed by atoms with van der Waals surface area (Å²) in [5, 5.41) is 0. The van der Waals surface area contributed by atoms with Gasteiger partial charge in [-0.25, -0.2) is 0 Å². The van der Waals surface area contributed by atoms with Crippen LogP contribution in [0.3, 0.4) is 0 Å². The van der Waals surface area contributed by atoms with Crippen LogP contribution in [0.1, 0.15) is 29.9 Å². The number of hydrogen-bond acceptors (Lipinski definition) is 3. The highest BCUT2D eigenvalue weighted by Gasteiger charge is 2.40. The minimum atomic E-state index is -0.538. The highest BCUT2D eigenvalue weighted by atomic mass is 16.6. The Balaban J connectivity index is 1.36. The molecule has 3 aliphatic rings. The fourth-order valence-electron chi connectivity index (χ4n) is 4.52. The Morgan fingerprint density at radius 2 is 1.84 bits per heavy atom. The van der Waals surface area contributed by atoms with E-state index in [1.807, 2.05) is 29.2 Å². The first-order valence-corrected chi connectivity index (χ1v) is 9.06. The number of hydrogen-bond donors (Lipinski definition) is 0. The second-order valence-electron chi connectivity index (χ2n) is 7.17. The second-order valence-corrected chi connectivity index (χ2v) is 7.17. The summed E-state index contributed by atoms with van der Waals surface area (Å²) >= 11 is 0. The highest BCUT2D eigenvalue weighted by Crippen LogP contribution is 2.40. The number of carbonyl (C=O) groups is 1. The van der Waals surface area contributed by atoms with Gasteiger partial charge in [0.15, 0.2) is 11.5 Å². The van der Waals surface area contributed by atoms with Crippen LogP contribution >= 0.6 is 0 Å². The average molecular weight is 335 g/mol. The summed E-state index contributed by atoms with van der Waals surface area (Å²) in [7, 11) is 0. The molecule has 3 atom stereocenters.